The lowest BCUT2D eigenvalue weighted by molar-refractivity contribution is 0.340. The maximum absolute atomic E-state index is 5.60. The summed E-state index contributed by atoms with van der Waals surface area (Å²) in [5, 5.41) is 0.874. The van der Waals surface area contributed by atoms with Gasteiger partial charge in [0.25, 0.3) is 0 Å². The zero-order valence-electron chi connectivity index (χ0n) is 8.09. The molecule has 0 aliphatic carbocycles. The van der Waals surface area contributed by atoms with Crippen LogP contribution in [0.4, 0.5) is 0 Å². The Bertz CT molecular complexity index is 258. The van der Waals surface area contributed by atoms with E-state index in [1.807, 2.05) is 12.1 Å². The van der Waals surface area contributed by atoms with Gasteiger partial charge in [0.05, 0.1) is 6.61 Å². The highest BCUT2D eigenvalue weighted by Gasteiger charge is 2.05. The van der Waals surface area contributed by atoms with Gasteiger partial charge in [-0.05, 0) is 17.5 Å². The maximum atomic E-state index is 5.60. The fraction of sp³-hybridized carbons (Fsp3) is 0.455. The van der Waals surface area contributed by atoms with E-state index in [9.17, 15) is 0 Å². The number of para-hydroxylation sites is 1. The van der Waals surface area contributed by atoms with Crippen LogP contribution in [0.3, 0.4) is 0 Å². The molecule has 1 aromatic carbocycles. The molecule has 0 radical (unpaired) electrons. The van der Waals surface area contributed by atoms with Crippen LogP contribution in [0.15, 0.2) is 24.3 Å². The molecule has 1 aromatic rings. The Morgan fingerprint density at radius 3 is 2.62 bits per heavy atom. The zero-order chi connectivity index (χ0) is 9.68. The average Bonchev–Trinajstić information content (AvgIpc) is 2.15. The Kier molecular flexibility index (Phi) is 4.29. The van der Waals surface area contributed by atoms with Crippen LogP contribution in [0.2, 0.25) is 0 Å². The van der Waals surface area contributed by atoms with E-state index in [2.05, 4.69) is 41.9 Å². The molecule has 0 saturated heterocycles. The topological polar surface area (TPSA) is 9.23 Å². The first-order chi connectivity index (χ1) is 6.25. The summed E-state index contributed by atoms with van der Waals surface area (Å²) in [7, 11) is 0. The van der Waals surface area contributed by atoms with Gasteiger partial charge in [-0.15, -0.1) is 0 Å². The Morgan fingerprint density at radius 2 is 2.00 bits per heavy atom. The van der Waals surface area contributed by atoms with Gasteiger partial charge in [0.2, 0.25) is 0 Å². The molecule has 0 spiro atoms. The van der Waals surface area contributed by atoms with Crippen molar-refractivity contribution in [1.29, 1.82) is 0 Å². The van der Waals surface area contributed by atoms with Crippen LogP contribution in [0.25, 0.3) is 0 Å². The summed E-state index contributed by atoms with van der Waals surface area (Å²) >= 11 is 3.34. The van der Waals surface area contributed by atoms with Crippen molar-refractivity contribution < 1.29 is 4.74 Å². The van der Waals surface area contributed by atoms with E-state index in [0.29, 0.717) is 5.92 Å². The van der Waals surface area contributed by atoms with Crippen molar-refractivity contribution in [3.63, 3.8) is 0 Å². The zero-order valence-corrected chi connectivity index (χ0v) is 9.67. The van der Waals surface area contributed by atoms with Gasteiger partial charge < -0.3 is 4.74 Å². The highest BCUT2D eigenvalue weighted by atomic mass is 79.9. The number of rotatable bonds is 4. The maximum Gasteiger partial charge on any atom is 0.122 e. The minimum Gasteiger partial charge on any atom is -0.492 e. The molecule has 0 N–H and O–H groups in total. The van der Waals surface area contributed by atoms with Gasteiger partial charge in [-0.1, -0.05) is 48.0 Å². The predicted molar refractivity (Wildman–Crippen MR) is 59.8 cm³/mol. The van der Waals surface area contributed by atoms with Crippen LogP contribution < -0.4 is 4.74 Å². The molecule has 0 unspecified atom stereocenters. The summed E-state index contributed by atoms with van der Waals surface area (Å²) in [5.74, 6) is 1.53. The Morgan fingerprint density at radius 1 is 1.31 bits per heavy atom. The molecule has 0 saturated carbocycles. The lowest BCUT2D eigenvalue weighted by atomic mass is 10.0. The minimum atomic E-state index is 0.520. The fourth-order valence-electron chi connectivity index (χ4n) is 1.24. The Labute approximate surface area is 88.2 Å². The molecule has 72 valence electrons. The minimum absolute atomic E-state index is 0.520. The Hall–Kier alpha value is -0.500. The van der Waals surface area contributed by atoms with Crippen LogP contribution in [-0.2, 0) is 0 Å². The third kappa shape index (κ3) is 3.03. The summed E-state index contributed by atoms with van der Waals surface area (Å²) < 4.78 is 5.60. The summed E-state index contributed by atoms with van der Waals surface area (Å²) in [6, 6.07) is 8.21. The van der Waals surface area contributed by atoms with Gasteiger partial charge in [-0.2, -0.15) is 0 Å². The first kappa shape index (κ1) is 10.6. The molecule has 0 heterocycles. The van der Waals surface area contributed by atoms with Crippen molar-refractivity contribution in [2.24, 2.45) is 0 Å². The van der Waals surface area contributed by atoms with Crippen molar-refractivity contribution in [2.75, 3.05) is 11.9 Å². The first-order valence-corrected chi connectivity index (χ1v) is 5.65. The van der Waals surface area contributed by atoms with Gasteiger partial charge in [0, 0.05) is 5.33 Å². The van der Waals surface area contributed by atoms with E-state index in [0.717, 1.165) is 17.7 Å². The summed E-state index contributed by atoms with van der Waals surface area (Å²) in [5.41, 5.74) is 1.28. The highest BCUT2D eigenvalue weighted by Crippen LogP contribution is 2.25. The van der Waals surface area contributed by atoms with E-state index < -0.39 is 0 Å². The number of benzene rings is 1. The molecule has 1 rings (SSSR count). The monoisotopic (exact) mass is 242 g/mol. The van der Waals surface area contributed by atoms with Gasteiger partial charge in [0.1, 0.15) is 5.75 Å². The largest absolute Gasteiger partial charge is 0.492 e. The van der Waals surface area contributed by atoms with Crippen molar-refractivity contribution in [1.82, 2.24) is 0 Å². The SMILES string of the molecule is CC(C)c1ccccc1OCCBr. The summed E-state index contributed by atoms with van der Waals surface area (Å²) in [4.78, 5) is 0. The van der Waals surface area contributed by atoms with Gasteiger partial charge >= 0.3 is 0 Å². The molecular weight excluding hydrogens is 228 g/mol. The second-order valence-electron chi connectivity index (χ2n) is 3.23. The molecule has 0 fully saturated rings. The van der Waals surface area contributed by atoms with Crippen molar-refractivity contribution in [3.05, 3.63) is 29.8 Å². The number of hydrogen-bond acceptors (Lipinski definition) is 1. The molecule has 0 bridgehead atoms. The van der Waals surface area contributed by atoms with Gasteiger partial charge in [-0.25, -0.2) is 0 Å². The fourth-order valence-corrected chi connectivity index (χ4v) is 1.40. The number of ether oxygens (including phenoxy) is 1. The molecule has 0 atom stereocenters. The highest BCUT2D eigenvalue weighted by molar-refractivity contribution is 9.09. The standard InChI is InChI=1S/C11H15BrO/c1-9(2)10-5-3-4-6-11(10)13-8-7-12/h3-6,9H,7-8H2,1-2H3. The van der Waals surface area contributed by atoms with E-state index >= 15 is 0 Å². The smallest absolute Gasteiger partial charge is 0.122 e. The molecule has 0 amide bonds. The van der Waals surface area contributed by atoms with Crippen LogP contribution in [0, 0.1) is 0 Å². The van der Waals surface area contributed by atoms with Crippen LogP contribution >= 0.6 is 15.9 Å². The summed E-state index contributed by atoms with van der Waals surface area (Å²) in [6.45, 7) is 5.08. The van der Waals surface area contributed by atoms with Crippen molar-refractivity contribution >= 4 is 15.9 Å². The number of halogens is 1. The van der Waals surface area contributed by atoms with Crippen LogP contribution in [0.1, 0.15) is 25.3 Å². The third-order valence-electron chi connectivity index (χ3n) is 1.88. The average molecular weight is 243 g/mol. The Balaban J connectivity index is 2.78. The lowest BCUT2D eigenvalue weighted by Gasteiger charge is -2.12. The van der Waals surface area contributed by atoms with E-state index in [1.54, 1.807) is 0 Å². The quantitative estimate of drug-likeness (QED) is 0.734. The van der Waals surface area contributed by atoms with Gasteiger partial charge in [0.15, 0.2) is 0 Å². The third-order valence-corrected chi connectivity index (χ3v) is 2.20. The molecular formula is C11H15BrO. The molecule has 1 nitrogen and oxygen atoms in total. The van der Waals surface area contributed by atoms with E-state index in [1.165, 1.54) is 5.56 Å². The van der Waals surface area contributed by atoms with Crippen molar-refractivity contribution in [3.8, 4) is 5.75 Å². The molecule has 2 heteroatoms. The molecule has 0 aliphatic rings. The molecule has 0 aromatic heterocycles. The van der Waals surface area contributed by atoms with E-state index in [-0.39, 0.29) is 0 Å². The molecule has 13 heavy (non-hydrogen) atoms. The summed E-state index contributed by atoms with van der Waals surface area (Å²) in [6.07, 6.45) is 0. The van der Waals surface area contributed by atoms with Crippen molar-refractivity contribution in [2.45, 2.75) is 19.8 Å². The number of alkyl halides is 1. The van der Waals surface area contributed by atoms with E-state index in [4.69, 9.17) is 4.74 Å². The van der Waals surface area contributed by atoms with Crippen LogP contribution in [0.5, 0.6) is 5.75 Å². The van der Waals surface area contributed by atoms with Crippen LogP contribution in [-0.4, -0.2) is 11.9 Å². The lowest BCUT2D eigenvalue weighted by Crippen LogP contribution is -2.01. The first-order valence-electron chi connectivity index (χ1n) is 4.53. The second-order valence-corrected chi connectivity index (χ2v) is 4.02. The number of hydrogen-bond donors (Lipinski definition) is 0. The second kappa shape index (κ2) is 5.28. The normalized spacial score (nSPS) is 10.5. The molecule has 0 aliphatic heterocycles. The van der Waals surface area contributed by atoms with Gasteiger partial charge in [-0.3, -0.25) is 0 Å². The predicted octanol–water partition coefficient (Wildman–Crippen LogP) is 3.58.